The number of benzene rings is 1. The van der Waals surface area contributed by atoms with Crippen molar-refractivity contribution in [3.63, 3.8) is 0 Å². The van der Waals surface area contributed by atoms with Crippen LogP contribution in [0.25, 0.3) is 10.8 Å². The molecule has 0 saturated carbocycles. The third-order valence-corrected chi connectivity index (χ3v) is 5.60. The molecule has 2 aromatic heterocycles. The van der Waals surface area contributed by atoms with E-state index in [2.05, 4.69) is 25.1 Å². The van der Waals surface area contributed by atoms with Crippen LogP contribution >= 0.6 is 0 Å². The van der Waals surface area contributed by atoms with E-state index in [1.807, 2.05) is 35.2 Å². The third-order valence-electron chi connectivity index (χ3n) is 5.60. The van der Waals surface area contributed by atoms with Crippen LogP contribution in [0.3, 0.4) is 0 Å². The van der Waals surface area contributed by atoms with Crippen molar-refractivity contribution >= 4 is 16.7 Å². The van der Waals surface area contributed by atoms with Gasteiger partial charge >= 0.3 is 0 Å². The van der Waals surface area contributed by atoms with Crippen LogP contribution < -0.4 is 5.32 Å². The molecule has 3 aromatic rings. The lowest BCUT2D eigenvalue weighted by Gasteiger charge is -2.32. The number of nitrogens with one attached hydrogen (secondary N) is 1. The normalized spacial score (nSPS) is 19.9. The first kappa shape index (κ1) is 16.4. The molecule has 2 aliphatic rings. The molecule has 1 saturated heterocycles. The standard InChI is InChI=1S/C20H22N6O/c27-20(18-16-6-2-1-4-14(16)7-8-22-18)25-10-3-5-15(13-25)19-24-23-17-12-21-9-11-26(17)19/h1-2,4,6-8,15,21H,3,5,9-13H2/t15-/m1/s1. The van der Waals surface area contributed by atoms with Gasteiger partial charge in [-0.15, -0.1) is 10.2 Å². The van der Waals surface area contributed by atoms with Crippen molar-refractivity contribution in [3.8, 4) is 0 Å². The zero-order valence-corrected chi connectivity index (χ0v) is 15.1. The second kappa shape index (κ2) is 6.74. The van der Waals surface area contributed by atoms with E-state index in [1.54, 1.807) is 6.20 Å². The summed E-state index contributed by atoms with van der Waals surface area (Å²) in [4.78, 5) is 19.6. The minimum atomic E-state index is 0.0107. The first-order chi connectivity index (χ1) is 13.3. The van der Waals surface area contributed by atoms with E-state index < -0.39 is 0 Å². The number of piperidine rings is 1. The summed E-state index contributed by atoms with van der Waals surface area (Å²) in [7, 11) is 0. The number of likely N-dealkylation sites (tertiary alicyclic amines) is 1. The molecule has 1 amide bonds. The van der Waals surface area contributed by atoms with Gasteiger partial charge in [0.25, 0.3) is 5.91 Å². The van der Waals surface area contributed by atoms with E-state index >= 15 is 0 Å². The van der Waals surface area contributed by atoms with Crippen LogP contribution in [0.4, 0.5) is 0 Å². The average molecular weight is 362 g/mol. The lowest BCUT2D eigenvalue weighted by atomic mass is 9.96. The summed E-state index contributed by atoms with van der Waals surface area (Å²) >= 11 is 0. The summed E-state index contributed by atoms with van der Waals surface area (Å²) in [6, 6.07) is 9.87. The molecule has 7 nitrogen and oxygen atoms in total. The van der Waals surface area contributed by atoms with E-state index in [0.29, 0.717) is 12.2 Å². The molecular weight excluding hydrogens is 340 g/mol. The number of carbonyl (C=O) groups is 1. The Hall–Kier alpha value is -2.80. The lowest BCUT2D eigenvalue weighted by Crippen LogP contribution is -2.40. The SMILES string of the molecule is O=C(c1nccc2ccccc12)N1CCC[C@@H](c2nnc3n2CCNC3)C1. The van der Waals surface area contributed by atoms with Crippen LogP contribution in [0.2, 0.25) is 0 Å². The minimum absolute atomic E-state index is 0.0107. The Kier molecular flexibility index (Phi) is 4.09. The molecule has 2 aliphatic heterocycles. The van der Waals surface area contributed by atoms with Crippen LogP contribution in [0, 0.1) is 0 Å². The number of carbonyl (C=O) groups excluding carboxylic acids is 1. The van der Waals surface area contributed by atoms with Crippen LogP contribution in [0.5, 0.6) is 0 Å². The summed E-state index contributed by atoms with van der Waals surface area (Å²) < 4.78 is 2.23. The van der Waals surface area contributed by atoms with Crippen molar-refractivity contribution in [2.75, 3.05) is 19.6 Å². The predicted molar refractivity (Wildman–Crippen MR) is 101 cm³/mol. The van der Waals surface area contributed by atoms with Gasteiger partial charge in [-0.05, 0) is 24.3 Å². The highest BCUT2D eigenvalue weighted by Crippen LogP contribution is 2.28. The maximum absolute atomic E-state index is 13.2. The quantitative estimate of drug-likeness (QED) is 0.754. The van der Waals surface area contributed by atoms with Crippen LogP contribution in [-0.2, 0) is 13.1 Å². The Bertz CT molecular complexity index is 992. The van der Waals surface area contributed by atoms with Crippen LogP contribution in [0.15, 0.2) is 36.5 Å². The summed E-state index contributed by atoms with van der Waals surface area (Å²) in [5.74, 6) is 2.26. The number of pyridine rings is 1. The zero-order chi connectivity index (χ0) is 18.2. The fourth-order valence-corrected chi connectivity index (χ4v) is 4.23. The number of nitrogens with zero attached hydrogens (tertiary/aromatic N) is 5. The highest BCUT2D eigenvalue weighted by Gasteiger charge is 2.31. The van der Waals surface area contributed by atoms with Gasteiger partial charge in [-0.2, -0.15) is 0 Å². The smallest absolute Gasteiger partial charge is 0.273 e. The zero-order valence-electron chi connectivity index (χ0n) is 15.1. The van der Waals surface area contributed by atoms with Gasteiger partial charge in [0, 0.05) is 43.7 Å². The van der Waals surface area contributed by atoms with Crippen molar-refractivity contribution in [1.82, 2.24) is 30.0 Å². The van der Waals surface area contributed by atoms with Crippen molar-refractivity contribution in [2.45, 2.75) is 31.8 Å². The van der Waals surface area contributed by atoms with Crippen molar-refractivity contribution in [1.29, 1.82) is 0 Å². The Morgan fingerprint density at radius 2 is 2.07 bits per heavy atom. The fourth-order valence-electron chi connectivity index (χ4n) is 4.23. The molecular formula is C20H22N6O. The highest BCUT2D eigenvalue weighted by atomic mass is 16.2. The highest BCUT2D eigenvalue weighted by molar-refractivity contribution is 6.05. The molecule has 0 radical (unpaired) electrons. The van der Waals surface area contributed by atoms with Gasteiger partial charge in [0.2, 0.25) is 0 Å². The third kappa shape index (κ3) is 2.88. The first-order valence-corrected chi connectivity index (χ1v) is 9.57. The first-order valence-electron chi connectivity index (χ1n) is 9.57. The lowest BCUT2D eigenvalue weighted by molar-refractivity contribution is 0.0699. The van der Waals surface area contributed by atoms with E-state index in [4.69, 9.17) is 0 Å². The van der Waals surface area contributed by atoms with E-state index in [-0.39, 0.29) is 11.8 Å². The molecule has 0 bridgehead atoms. The van der Waals surface area contributed by atoms with Crippen LogP contribution in [0.1, 0.15) is 40.9 Å². The second-order valence-corrected chi connectivity index (χ2v) is 7.27. The molecule has 138 valence electrons. The topological polar surface area (TPSA) is 75.9 Å². The maximum Gasteiger partial charge on any atom is 0.273 e. The van der Waals surface area contributed by atoms with E-state index in [9.17, 15) is 4.79 Å². The maximum atomic E-state index is 13.2. The van der Waals surface area contributed by atoms with E-state index in [0.717, 1.165) is 61.4 Å². The number of hydrogen-bond acceptors (Lipinski definition) is 5. The Morgan fingerprint density at radius 1 is 1.15 bits per heavy atom. The van der Waals surface area contributed by atoms with E-state index in [1.165, 1.54) is 0 Å². The molecule has 1 N–H and O–H groups in total. The van der Waals surface area contributed by atoms with Gasteiger partial charge in [-0.3, -0.25) is 9.78 Å². The van der Waals surface area contributed by atoms with Gasteiger partial charge in [-0.1, -0.05) is 24.3 Å². The number of fused-ring (bicyclic) bond motifs is 2. The molecule has 27 heavy (non-hydrogen) atoms. The van der Waals surface area contributed by atoms with Gasteiger partial charge in [-0.25, -0.2) is 0 Å². The van der Waals surface area contributed by atoms with Gasteiger partial charge in [0.1, 0.15) is 17.3 Å². The average Bonchev–Trinajstić information content (AvgIpc) is 3.17. The summed E-state index contributed by atoms with van der Waals surface area (Å²) in [6.07, 6.45) is 3.73. The number of hydrogen-bond donors (Lipinski definition) is 1. The predicted octanol–water partition coefficient (Wildman–Crippen LogP) is 1.95. The molecule has 7 heteroatoms. The van der Waals surface area contributed by atoms with Gasteiger partial charge < -0.3 is 14.8 Å². The summed E-state index contributed by atoms with van der Waals surface area (Å²) in [5.41, 5.74) is 0.543. The Morgan fingerprint density at radius 3 is 3.04 bits per heavy atom. The molecule has 4 heterocycles. The molecule has 1 aromatic carbocycles. The van der Waals surface area contributed by atoms with Crippen molar-refractivity contribution < 1.29 is 4.79 Å². The number of amides is 1. The van der Waals surface area contributed by atoms with Crippen molar-refractivity contribution in [3.05, 3.63) is 53.9 Å². The minimum Gasteiger partial charge on any atom is -0.337 e. The van der Waals surface area contributed by atoms with Crippen molar-refractivity contribution in [2.24, 2.45) is 0 Å². The largest absolute Gasteiger partial charge is 0.337 e. The summed E-state index contributed by atoms with van der Waals surface area (Å²) in [6.45, 7) is 4.04. The molecule has 1 atom stereocenters. The summed E-state index contributed by atoms with van der Waals surface area (Å²) in [5, 5.41) is 14.1. The molecule has 5 rings (SSSR count). The monoisotopic (exact) mass is 362 g/mol. The second-order valence-electron chi connectivity index (χ2n) is 7.27. The number of rotatable bonds is 2. The molecule has 0 spiro atoms. The van der Waals surface area contributed by atoms with Crippen LogP contribution in [-0.4, -0.2) is 50.2 Å². The Labute approximate surface area is 157 Å². The molecule has 0 aliphatic carbocycles. The number of aromatic nitrogens is 4. The van der Waals surface area contributed by atoms with Gasteiger partial charge in [0.15, 0.2) is 0 Å². The Balaban J connectivity index is 1.42. The van der Waals surface area contributed by atoms with Gasteiger partial charge in [0.05, 0.1) is 6.54 Å². The molecule has 1 fully saturated rings. The molecule has 0 unspecified atom stereocenters. The fraction of sp³-hybridized carbons (Fsp3) is 0.400.